The third-order valence-corrected chi connectivity index (χ3v) is 3.53. The second-order valence-electron chi connectivity index (χ2n) is 4.79. The molecule has 1 unspecified atom stereocenters. The molecule has 20 heavy (non-hydrogen) atoms. The van der Waals surface area contributed by atoms with Crippen LogP contribution in [0.25, 0.3) is 5.57 Å². The van der Waals surface area contributed by atoms with Gasteiger partial charge in [-0.1, -0.05) is 18.2 Å². The van der Waals surface area contributed by atoms with Crippen LogP contribution in [0.2, 0.25) is 0 Å². The minimum Gasteiger partial charge on any atom is -0.358 e. The summed E-state index contributed by atoms with van der Waals surface area (Å²) in [6.45, 7) is 0. The summed E-state index contributed by atoms with van der Waals surface area (Å²) in [6, 6.07) is 11.6. The molecule has 0 aliphatic carbocycles. The van der Waals surface area contributed by atoms with Crippen LogP contribution in [0.15, 0.2) is 48.2 Å². The summed E-state index contributed by atoms with van der Waals surface area (Å²) >= 11 is 0. The monoisotopic (exact) mass is 267 g/mol. The fourth-order valence-electron chi connectivity index (χ4n) is 2.61. The smallest absolute Gasteiger partial charge is 0.258 e. The van der Waals surface area contributed by atoms with Crippen LogP contribution < -0.4 is 10.6 Å². The Balaban J connectivity index is 1.92. The van der Waals surface area contributed by atoms with Crippen molar-refractivity contribution in [2.75, 3.05) is 10.6 Å². The van der Waals surface area contributed by atoms with Crippen LogP contribution in [-0.4, -0.2) is 5.91 Å². The van der Waals surface area contributed by atoms with Crippen LogP contribution in [0.3, 0.4) is 0 Å². The number of hydrogen-bond donors (Lipinski definition) is 2. The first-order chi connectivity index (χ1) is 10.1. The van der Waals surface area contributed by atoms with Crippen molar-refractivity contribution in [2.45, 2.75) is 6.40 Å². The van der Waals surface area contributed by atoms with Crippen molar-refractivity contribution < 1.29 is 10.6 Å². The number of nitrogens with one attached hydrogen (secondary N) is 2. The third kappa shape index (κ3) is 1.54. The zero-order valence-electron chi connectivity index (χ0n) is 11.4. The number of fused-ring (bicyclic) bond motifs is 2. The van der Waals surface area contributed by atoms with E-state index in [1.165, 1.54) is 18.2 Å². The van der Waals surface area contributed by atoms with Gasteiger partial charge in [-0.25, -0.2) is 4.39 Å². The first-order valence-corrected chi connectivity index (χ1v) is 6.29. The molecule has 0 spiro atoms. The van der Waals surface area contributed by atoms with Crippen LogP contribution >= 0.6 is 0 Å². The van der Waals surface area contributed by atoms with Gasteiger partial charge in [0.25, 0.3) is 5.91 Å². The molecule has 0 aromatic heterocycles. The minimum absolute atomic E-state index is 0.303. The van der Waals surface area contributed by atoms with Crippen molar-refractivity contribution >= 4 is 22.9 Å². The zero-order chi connectivity index (χ0) is 14.6. The molecule has 4 heteroatoms. The highest BCUT2D eigenvalue weighted by atomic mass is 19.1. The van der Waals surface area contributed by atoms with Crippen LogP contribution in [0, 0.1) is 5.82 Å². The number of carbonyl (C=O) groups excluding carboxylic acids is 1. The van der Waals surface area contributed by atoms with Crippen molar-refractivity contribution in [1.82, 2.24) is 0 Å². The lowest BCUT2D eigenvalue weighted by molar-refractivity contribution is -0.110. The number of para-hydroxylation sites is 1. The summed E-state index contributed by atoms with van der Waals surface area (Å²) in [6.07, 6.45) is -0.670. The van der Waals surface area contributed by atoms with Crippen molar-refractivity contribution in [3.8, 4) is 0 Å². The second kappa shape index (κ2) is 3.93. The van der Waals surface area contributed by atoms with Crippen LogP contribution in [0.5, 0.6) is 0 Å². The quantitative estimate of drug-likeness (QED) is 0.720. The number of rotatable bonds is 0. The van der Waals surface area contributed by atoms with Gasteiger partial charge in [0.2, 0.25) is 0 Å². The van der Waals surface area contributed by atoms with E-state index >= 15 is 0 Å². The first-order valence-electron chi connectivity index (χ1n) is 6.86. The molecule has 0 saturated carbocycles. The van der Waals surface area contributed by atoms with Crippen molar-refractivity contribution in [1.29, 1.82) is 0 Å². The van der Waals surface area contributed by atoms with Gasteiger partial charge in [0.05, 0.1) is 5.57 Å². The molecule has 2 aromatic rings. The van der Waals surface area contributed by atoms with Crippen LogP contribution in [-0.2, 0) is 11.2 Å². The van der Waals surface area contributed by atoms with E-state index in [4.69, 9.17) is 1.37 Å². The molecule has 2 N–H and O–H groups in total. The lowest BCUT2D eigenvalue weighted by Gasteiger charge is -2.04. The number of hydrogen-bond acceptors (Lipinski definition) is 2. The largest absolute Gasteiger partial charge is 0.358 e. The molecule has 4 rings (SSSR count). The van der Waals surface area contributed by atoms with E-state index in [9.17, 15) is 9.18 Å². The van der Waals surface area contributed by atoms with E-state index < -0.39 is 12.2 Å². The Labute approximate surface area is 116 Å². The number of allylic oxidation sites excluding steroid dienone is 1. The SMILES string of the molecule is [2H]C1/C(=C2/C(=O)Nc3ccc(F)cc32)Nc2ccccc21. The molecular formula is C16H11FN2O. The average molecular weight is 267 g/mol. The lowest BCUT2D eigenvalue weighted by Crippen LogP contribution is -2.08. The third-order valence-electron chi connectivity index (χ3n) is 3.53. The summed E-state index contributed by atoms with van der Waals surface area (Å²) < 4.78 is 21.8. The van der Waals surface area contributed by atoms with Gasteiger partial charge in [0.1, 0.15) is 5.82 Å². The first kappa shape index (κ1) is 10.2. The standard InChI is InChI=1S/C16H11FN2O/c17-10-5-6-13-11(8-10)15(16(20)19-13)14-7-9-3-1-2-4-12(9)18-14/h1-6,8,18H,7H2,(H,19,20)/b15-14-/i7D. The van der Waals surface area contributed by atoms with E-state index in [0.717, 1.165) is 11.3 Å². The average Bonchev–Trinajstić information content (AvgIpc) is 2.96. The fourth-order valence-corrected chi connectivity index (χ4v) is 2.61. The summed E-state index contributed by atoms with van der Waals surface area (Å²) in [7, 11) is 0. The van der Waals surface area contributed by atoms with E-state index in [-0.39, 0.29) is 5.91 Å². The predicted molar refractivity (Wildman–Crippen MR) is 75.7 cm³/mol. The van der Waals surface area contributed by atoms with E-state index in [1.54, 1.807) is 0 Å². The molecule has 2 aliphatic rings. The highest BCUT2D eigenvalue weighted by molar-refractivity contribution is 6.32. The number of anilines is 2. The maximum absolute atomic E-state index is 13.5. The highest BCUT2D eigenvalue weighted by Crippen LogP contribution is 2.38. The molecule has 1 amide bonds. The van der Waals surface area contributed by atoms with E-state index in [0.29, 0.717) is 22.5 Å². The number of carbonyl (C=O) groups is 1. The molecule has 2 heterocycles. The molecule has 0 fully saturated rings. The van der Waals surface area contributed by atoms with E-state index in [1.807, 2.05) is 24.3 Å². The molecule has 0 saturated heterocycles. The molecule has 98 valence electrons. The summed E-state index contributed by atoms with van der Waals surface area (Å²) in [5, 5.41) is 5.84. The molecule has 2 aromatic carbocycles. The Kier molecular flexibility index (Phi) is 2.01. The van der Waals surface area contributed by atoms with Crippen LogP contribution in [0.1, 0.15) is 12.5 Å². The number of amides is 1. The molecule has 0 bridgehead atoms. The van der Waals surface area contributed by atoms with Crippen molar-refractivity contribution in [2.24, 2.45) is 0 Å². The Morgan fingerprint density at radius 3 is 2.80 bits per heavy atom. The number of benzene rings is 2. The normalized spacial score (nSPS) is 23.8. The van der Waals surface area contributed by atoms with Gasteiger partial charge in [-0.15, -0.1) is 0 Å². The van der Waals surface area contributed by atoms with Gasteiger partial charge >= 0.3 is 0 Å². The summed E-state index contributed by atoms with van der Waals surface area (Å²) in [5.74, 6) is -0.705. The molecule has 3 nitrogen and oxygen atoms in total. The zero-order valence-corrected chi connectivity index (χ0v) is 10.4. The minimum atomic E-state index is -0.670. The topological polar surface area (TPSA) is 41.1 Å². The van der Waals surface area contributed by atoms with Gasteiger partial charge in [0, 0.05) is 30.4 Å². The van der Waals surface area contributed by atoms with Crippen molar-refractivity contribution in [3.63, 3.8) is 0 Å². The van der Waals surface area contributed by atoms with Gasteiger partial charge in [-0.05, 0) is 29.8 Å². The molecule has 2 aliphatic heterocycles. The lowest BCUT2D eigenvalue weighted by atomic mass is 10.0. The van der Waals surface area contributed by atoms with Gasteiger partial charge in [-0.3, -0.25) is 4.79 Å². The Morgan fingerprint density at radius 1 is 1.10 bits per heavy atom. The molecule has 0 radical (unpaired) electrons. The van der Waals surface area contributed by atoms with Gasteiger partial charge < -0.3 is 10.6 Å². The Morgan fingerprint density at radius 2 is 1.95 bits per heavy atom. The van der Waals surface area contributed by atoms with Gasteiger partial charge in [-0.2, -0.15) is 0 Å². The molecule has 1 atom stereocenters. The maximum atomic E-state index is 13.5. The summed E-state index contributed by atoms with van der Waals surface area (Å²) in [4.78, 5) is 12.2. The maximum Gasteiger partial charge on any atom is 0.258 e. The fraction of sp³-hybridized carbons (Fsp3) is 0.0625. The molecular weight excluding hydrogens is 255 g/mol. The second-order valence-corrected chi connectivity index (χ2v) is 4.79. The Hall–Kier alpha value is -2.62. The van der Waals surface area contributed by atoms with Crippen molar-refractivity contribution in [3.05, 3.63) is 65.1 Å². The van der Waals surface area contributed by atoms with Crippen LogP contribution in [0.4, 0.5) is 15.8 Å². The van der Waals surface area contributed by atoms with E-state index in [2.05, 4.69) is 10.6 Å². The highest BCUT2D eigenvalue weighted by Gasteiger charge is 2.30. The predicted octanol–water partition coefficient (Wildman–Crippen LogP) is 3.16. The summed E-state index contributed by atoms with van der Waals surface area (Å²) in [5.41, 5.74) is 3.57. The Bertz CT molecular complexity index is 816. The van der Waals surface area contributed by atoms with Gasteiger partial charge in [0.15, 0.2) is 0 Å². The number of halogens is 1.